The van der Waals surface area contributed by atoms with Crippen molar-refractivity contribution >= 4 is 11.8 Å². The normalized spacial score (nSPS) is 24.3. The summed E-state index contributed by atoms with van der Waals surface area (Å²) >= 11 is 0. The lowest BCUT2D eigenvalue weighted by molar-refractivity contribution is -0.132. The fraction of sp³-hybridized carbons (Fsp3) is 0.583. The Bertz CT molecular complexity index is 736. The third-order valence-electron chi connectivity index (χ3n) is 7.36. The van der Waals surface area contributed by atoms with Crippen LogP contribution < -0.4 is 5.32 Å². The maximum atomic E-state index is 12.7. The molecule has 1 N–H and O–H groups in total. The first-order valence-corrected chi connectivity index (χ1v) is 11.0. The number of nitrogens with one attached hydrogen (secondary N) is 1. The number of nitrogens with zero attached hydrogens (tertiary/aromatic N) is 2. The van der Waals surface area contributed by atoms with Gasteiger partial charge in [-0.3, -0.25) is 14.5 Å². The van der Waals surface area contributed by atoms with Crippen LogP contribution in [0.2, 0.25) is 0 Å². The average molecular weight is 396 g/mol. The number of carbonyl (C=O) groups is 2. The fourth-order valence-corrected chi connectivity index (χ4v) is 5.44. The van der Waals surface area contributed by atoms with Gasteiger partial charge >= 0.3 is 0 Å². The first kappa shape index (κ1) is 20.1. The number of rotatable bonds is 6. The Balaban J connectivity index is 1.28. The zero-order valence-corrected chi connectivity index (χ0v) is 17.3. The highest BCUT2D eigenvalue weighted by atomic mass is 16.2. The fourth-order valence-electron chi connectivity index (χ4n) is 5.44. The van der Waals surface area contributed by atoms with Gasteiger partial charge in [-0.2, -0.15) is 0 Å². The van der Waals surface area contributed by atoms with E-state index in [0.29, 0.717) is 24.4 Å². The summed E-state index contributed by atoms with van der Waals surface area (Å²) in [6.45, 7) is 8.87. The molecule has 1 atom stereocenters. The minimum atomic E-state index is -0.0275. The summed E-state index contributed by atoms with van der Waals surface area (Å²) in [4.78, 5) is 28.8. The number of piperidine rings is 1. The monoisotopic (exact) mass is 395 g/mol. The van der Waals surface area contributed by atoms with Gasteiger partial charge in [-0.05, 0) is 48.7 Å². The van der Waals surface area contributed by atoms with Crippen molar-refractivity contribution in [2.75, 3.05) is 32.7 Å². The molecule has 5 heteroatoms. The van der Waals surface area contributed by atoms with E-state index in [1.807, 2.05) is 0 Å². The molecule has 5 nitrogen and oxygen atoms in total. The van der Waals surface area contributed by atoms with Crippen molar-refractivity contribution in [3.63, 3.8) is 0 Å². The smallest absolute Gasteiger partial charge is 0.245 e. The molecule has 2 saturated heterocycles. The molecule has 3 fully saturated rings. The minimum Gasteiger partial charge on any atom is -0.356 e. The first-order chi connectivity index (χ1) is 14.1. The number of likely N-dealkylation sites (tertiary alicyclic amines) is 2. The second-order valence-corrected chi connectivity index (χ2v) is 9.12. The van der Waals surface area contributed by atoms with Crippen LogP contribution in [-0.2, 0) is 16.1 Å². The van der Waals surface area contributed by atoms with Crippen molar-refractivity contribution in [1.29, 1.82) is 0 Å². The number of carbonyl (C=O) groups excluding carboxylic acids is 2. The Morgan fingerprint density at radius 2 is 1.90 bits per heavy atom. The van der Waals surface area contributed by atoms with Crippen LogP contribution in [0.4, 0.5) is 0 Å². The molecular formula is C24H33N3O2. The van der Waals surface area contributed by atoms with Crippen LogP contribution in [0.25, 0.3) is 0 Å². The van der Waals surface area contributed by atoms with Crippen LogP contribution in [0.15, 0.2) is 43.0 Å². The number of hydrogen-bond donors (Lipinski definition) is 1. The number of benzene rings is 1. The van der Waals surface area contributed by atoms with E-state index in [1.165, 1.54) is 30.9 Å². The van der Waals surface area contributed by atoms with Gasteiger partial charge in [-0.15, -0.1) is 0 Å². The Hall–Kier alpha value is -2.14. The maximum Gasteiger partial charge on any atom is 0.245 e. The summed E-state index contributed by atoms with van der Waals surface area (Å²) < 4.78 is 0. The summed E-state index contributed by atoms with van der Waals surface area (Å²) in [5.41, 5.74) is 1.77. The lowest BCUT2D eigenvalue weighted by Gasteiger charge is -2.43. The van der Waals surface area contributed by atoms with Gasteiger partial charge in [0.1, 0.15) is 0 Å². The highest BCUT2D eigenvalue weighted by Crippen LogP contribution is 2.51. The van der Waals surface area contributed by atoms with Crippen molar-refractivity contribution in [3.8, 4) is 0 Å². The third-order valence-corrected chi connectivity index (χ3v) is 7.36. The van der Waals surface area contributed by atoms with Crippen LogP contribution >= 0.6 is 0 Å². The Morgan fingerprint density at radius 3 is 2.52 bits per heavy atom. The van der Waals surface area contributed by atoms with Gasteiger partial charge in [0.15, 0.2) is 0 Å². The molecule has 3 aliphatic rings. The van der Waals surface area contributed by atoms with Gasteiger partial charge in [0.25, 0.3) is 0 Å². The average Bonchev–Trinajstić information content (AvgIpc) is 3.11. The van der Waals surface area contributed by atoms with E-state index in [4.69, 9.17) is 0 Å². The second-order valence-electron chi connectivity index (χ2n) is 9.12. The molecule has 1 unspecified atom stereocenters. The maximum absolute atomic E-state index is 12.7. The molecule has 1 saturated carbocycles. The van der Waals surface area contributed by atoms with Gasteiger partial charge in [-0.1, -0.05) is 43.3 Å². The lowest BCUT2D eigenvalue weighted by atomic mass is 9.63. The van der Waals surface area contributed by atoms with Crippen LogP contribution in [0.3, 0.4) is 0 Å². The molecule has 2 amide bonds. The van der Waals surface area contributed by atoms with E-state index in [9.17, 15) is 9.59 Å². The van der Waals surface area contributed by atoms with Crippen molar-refractivity contribution < 1.29 is 9.59 Å². The molecule has 0 aromatic heterocycles. The van der Waals surface area contributed by atoms with Crippen LogP contribution in [0, 0.1) is 17.3 Å². The Kier molecular flexibility index (Phi) is 6.04. The van der Waals surface area contributed by atoms with E-state index in [2.05, 4.69) is 47.1 Å². The predicted molar refractivity (Wildman–Crippen MR) is 114 cm³/mol. The zero-order valence-electron chi connectivity index (χ0n) is 17.3. The van der Waals surface area contributed by atoms with Gasteiger partial charge in [0, 0.05) is 45.2 Å². The summed E-state index contributed by atoms with van der Waals surface area (Å²) in [6, 6.07) is 10.7. The molecule has 2 aliphatic heterocycles. The van der Waals surface area contributed by atoms with E-state index < -0.39 is 0 Å². The number of hydrogen-bond acceptors (Lipinski definition) is 3. The summed E-state index contributed by atoms with van der Waals surface area (Å²) in [7, 11) is 0. The minimum absolute atomic E-state index is 0.0275. The molecule has 1 aliphatic carbocycles. The van der Waals surface area contributed by atoms with Gasteiger partial charge in [0.05, 0.1) is 0 Å². The van der Waals surface area contributed by atoms with Crippen molar-refractivity contribution in [2.45, 2.75) is 38.6 Å². The highest BCUT2D eigenvalue weighted by Gasteiger charge is 2.50. The number of amides is 2. The zero-order chi connectivity index (χ0) is 20.3. The third kappa shape index (κ3) is 4.40. The van der Waals surface area contributed by atoms with Gasteiger partial charge < -0.3 is 10.2 Å². The van der Waals surface area contributed by atoms with E-state index in [0.717, 1.165) is 39.0 Å². The van der Waals surface area contributed by atoms with Crippen molar-refractivity contribution in [3.05, 3.63) is 48.6 Å². The van der Waals surface area contributed by atoms with Crippen LogP contribution in [0.1, 0.15) is 37.7 Å². The quantitative estimate of drug-likeness (QED) is 0.754. The standard InChI is InChI=1S/C24H33N3O2/c1-2-22(28)27-13-9-20(10-14-27)23(29)25-15-21-17-26(18-24(21)11-6-12-24)16-19-7-4-3-5-8-19/h2-5,7-8,20-21H,1,6,9-18H2,(H,25,29). The summed E-state index contributed by atoms with van der Waals surface area (Å²) in [5.74, 6) is 0.723. The molecule has 1 aromatic rings. The molecule has 1 spiro atoms. The SMILES string of the molecule is C=CC(=O)N1CCC(C(=O)NCC2CN(Cc3ccccc3)CC23CCC3)CC1. The molecule has 0 bridgehead atoms. The Labute approximate surface area is 174 Å². The van der Waals surface area contributed by atoms with Crippen LogP contribution in [0.5, 0.6) is 0 Å². The lowest BCUT2D eigenvalue weighted by Crippen LogP contribution is -2.46. The molecular weight excluding hydrogens is 362 g/mol. The Morgan fingerprint density at radius 1 is 1.17 bits per heavy atom. The van der Waals surface area contributed by atoms with Crippen LogP contribution in [-0.4, -0.2) is 54.3 Å². The van der Waals surface area contributed by atoms with Crippen molar-refractivity contribution in [1.82, 2.24) is 15.1 Å². The van der Waals surface area contributed by atoms with E-state index in [1.54, 1.807) is 4.90 Å². The second kappa shape index (κ2) is 8.70. The summed E-state index contributed by atoms with van der Waals surface area (Å²) in [5, 5.41) is 3.27. The molecule has 0 radical (unpaired) electrons. The molecule has 29 heavy (non-hydrogen) atoms. The van der Waals surface area contributed by atoms with Gasteiger partial charge in [0.2, 0.25) is 11.8 Å². The van der Waals surface area contributed by atoms with E-state index in [-0.39, 0.29) is 17.7 Å². The van der Waals surface area contributed by atoms with Crippen molar-refractivity contribution in [2.24, 2.45) is 17.3 Å². The molecule has 156 valence electrons. The predicted octanol–water partition coefficient (Wildman–Crippen LogP) is 2.83. The summed E-state index contributed by atoms with van der Waals surface area (Å²) in [6.07, 6.45) is 6.77. The topological polar surface area (TPSA) is 52.7 Å². The molecule has 2 heterocycles. The van der Waals surface area contributed by atoms with E-state index >= 15 is 0 Å². The molecule has 4 rings (SSSR count). The highest BCUT2D eigenvalue weighted by molar-refractivity contribution is 5.87. The largest absolute Gasteiger partial charge is 0.356 e. The van der Waals surface area contributed by atoms with Gasteiger partial charge in [-0.25, -0.2) is 0 Å². The molecule has 1 aromatic carbocycles. The first-order valence-electron chi connectivity index (χ1n) is 11.0.